The van der Waals surface area contributed by atoms with Crippen molar-refractivity contribution in [1.82, 2.24) is 14.9 Å². The van der Waals surface area contributed by atoms with Crippen LogP contribution in [-0.2, 0) is 6.42 Å². The Kier molecular flexibility index (Phi) is 5.91. The van der Waals surface area contributed by atoms with Crippen LogP contribution in [0, 0.1) is 0 Å². The van der Waals surface area contributed by atoms with Gasteiger partial charge in [0.15, 0.2) is 0 Å². The minimum Gasteiger partial charge on any atom is -0.369 e. The van der Waals surface area contributed by atoms with Gasteiger partial charge in [0.25, 0.3) is 0 Å². The third-order valence-electron chi connectivity index (χ3n) is 5.28. The summed E-state index contributed by atoms with van der Waals surface area (Å²) in [7, 11) is 2.17. The number of hydrogen-bond donors (Lipinski definition) is 2. The summed E-state index contributed by atoms with van der Waals surface area (Å²) in [6, 6.07) is 18.8. The molecule has 4 rings (SSSR count). The summed E-state index contributed by atoms with van der Waals surface area (Å²) in [6.45, 7) is 6.50. The molecule has 0 spiro atoms. The van der Waals surface area contributed by atoms with E-state index in [0.29, 0.717) is 5.95 Å². The number of likely N-dealkylation sites (N-methyl/N-ethyl adjacent to an activating group) is 1. The van der Waals surface area contributed by atoms with Gasteiger partial charge >= 0.3 is 0 Å². The molecular formula is C23H28N6. The first kappa shape index (κ1) is 19.2. The second-order valence-electron chi connectivity index (χ2n) is 7.40. The van der Waals surface area contributed by atoms with Gasteiger partial charge in [-0.05, 0) is 61.5 Å². The molecule has 0 saturated carbocycles. The Morgan fingerprint density at radius 1 is 0.828 bits per heavy atom. The predicted molar refractivity (Wildman–Crippen MR) is 121 cm³/mol. The van der Waals surface area contributed by atoms with E-state index in [1.807, 2.05) is 6.07 Å². The highest BCUT2D eigenvalue weighted by molar-refractivity contribution is 5.62. The maximum atomic E-state index is 4.58. The first-order valence-corrected chi connectivity index (χ1v) is 10.2. The van der Waals surface area contributed by atoms with Gasteiger partial charge in [0.05, 0.1) is 0 Å². The normalized spacial score (nSPS) is 14.6. The Morgan fingerprint density at radius 3 is 2.17 bits per heavy atom. The fraction of sp³-hybridized carbons (Fsp3) is 0.304. The summed E-state index contributed by atoms with van der Waals surface area (Å²) < 4.78 is 0. The van der Waals surface area contributed by atoms with Crippen molar-refractivity contribution in [2.24, 2.45) is 0 Å². The lowest BCUT2D eigenvalue weighted by atomic mass is 10.1. The number of hydrogen-bond acceptors (Lipinski definition) is 6. The van der Waals surface area contributed by atoms with Crippen LogP contribution in [0.1, 0.15) is 12.5 Å². The fourth-order valence-corrected chi connectivity index (χ4v) is 3.41. The molecular weight excluding hydrogens is 360 g/mol. The van der Waals surface area contributed by atoms with E-state index >= 15 is 0 Å². The zero-order chi connectivity index (χ0) is 20.1. The lowest BCUT2D eigenvalue weighted by Crippen LogP contribution is -2.44. The Bertz CT molecular complexity index is 915. The molecule has 2 heterocycles. The highest BCUT2D eigenvalue weighted by Crippen LogP contribution is 2.22. The molecule has 0 atom stereocenters. The van der Waals surface area contributed by atoms with Gasteiger partial charge in [-0.15, -0.1) is 0 Å². The largest absolute Gasteiger partial charge is 0.369 e. The van der Waals surface area contributed by atoms with Crippen molar-refractivity contribution in [1.29, 1.82) is 0 Å². The second-order valence-corrected chi connectivity index (χ2v) is 7.40. The molecule has 1 aliphatic rings. The van der Waals surface area contributed by atoms with Crippen molar-refractivity contribution >= 4 is 28.8 Å². The Morgan fingerprint density at radius 2 is 1.48 bits per heavy atom. The topological polar surface area (TPSA) is 56.3 Å². The SMILES string of the molecule is CCc1ccc(Nc2ccnc(Nc3ccc(N4CCN(C)CC4)cc3)n2)cc1. The number of rotatable bonds is 6. The second kappa shape index (κ2) is 8.92. The molecule has 1 aromatic heterocycles. The van der Waals surface area contributed by atoms with E-state index in [9.17, 15) is 0 Å². The van der Waals surface area contributed by atoms with Crippen molar-refractivity contribution in [3.63, 3.8) is 0 Å². The summed E-state index contributed by atoms with van der Waals surface area (Å²) in [4.78, 5) is 13.7. The summed E-state index contributed by atoms with van der Waals surface area (Å²) in [6.07, 6.45) is 2.80. The highest BCUT2D eigenvalue weighted by atomic mass is 15.2. The molecule has 0 bridgehead atoms. The van der Waals surface area contributed by atoms with Gasteiger partial charge < -0.3 is 20.4 Å². The van der Waals surface area contributed by atoms with Crippen LogP contribution in [0.4, 0.5) is 28.8 Å². The number of nitrogens with one attached hydrogen (secondary N) is 2. The highest BCUT2D eigenvalue weighted by Gasteiger charge is 2.14. The molecule has 3 aromatic rings. The van der Waals surface area contributed by atoms with E-state index in [-0.39, 0.29) is 0 Å². The third kappa shape index (κ3) is 5.03. The standard InChI is InChI=1S/C23H28N6/c1-3-18-4-6-19(7-5-18)25-22-12-13-24-23(27-22)26-20-8-10-21(11-9-20)29-16-14-28(2)15-17-29/h4-13H,3,14-17H2,1-2H3,(H2,24,25,26,27). The van der Waals surface area contributed by atoms with Gasteiger partial charge in [0, 0.05) is 49.4 Å². The van der Waals surface area contributed by atoms with Gasteiger partial charge in [-0.2, -0.15) is 4.98 Å². The lowest BCUT2D eigenvalue weighted by Gasteiger charge is -2.34. The van der Waals surface area contributed by atoms with Crippen molar-refractivity contribution in [3.05, 3.63) is 66.4 Å². The molecule has 2 N–H and O–H groups in total. The fourth-order valence-electron chi connectivity index (χ4n) is 3.41. The molecule has 0 amide bonds. The Labute approximate surface area is 172 Å². The number of nitrogens with zero attached hydrogens (tertiary/aromatic N) is 4. The zero-order valence-electron chi connectivity index (χ0n) is 17.1. The maximum Gasteiger partial charge on any atom is 0.229 e. The van der Waals surface area contributed by atoms with Crippen LogP contribution in [0.2, 0.25) is 0 Å². The molecule has 6 heteroatoms. The van der Waals surface area contributed by atoms with Crippen LogP contribution < -0.4 is 15.5 Å². The number of anilines is 5. The van der Waals surface area contributed by atoms with E-state index in [4.69, 9.17) is 0 Å². The molecule has 2 aromatic carbocycles. The van der Waals surface area contributed by atoms with Crippen molar-refractivity contribution in [2.75, 3.05) is 48.8 Å². The molecule has 1 saturated heterocycles. The van der Waals surface area contributed by atoms with Crippen LogP contribution in [0.25, 0.3) is 0 Å². The Balaban J connectivity index is 1.39. The molecule has 150 valence electrons. The molecule has 1 fully saturated rings. The average molecular weight is 389 g/mol. The van der Waals surface area contributed by atoms with Crippen LogP contribution in [0.15, 0.2) is 60.8 Å². The van der Waals surface area contributed by atoms with Crippen molar-refractivity contribution in [2.45, 2.75) is 13.3 Å². The smallest absolute Gasteiger partial charge is 0.229 e. The van der Waals surface area contributed by atoms with E-state index in [1.165, 1.54) is 11.3 Å². The third-order valence-corrected chi connectivity index (χ3v) is 5.28. The predicted octanol–water partition coefficient (Wildman–Crippen LogP) is 4.28. The molecule has 0 unspecified atom stereocenters. The number of aryl methyl sites for hydroxylation is 1. The molecule has 29 heavy (non-hydrogen) atoms. The summed E-state index contributed by atoms with van der Waals surface area (Å²) in [5.41, 5.74) is 4.58. The molecule has 0 radical (unpaired) electrons. The van der Waals surface area contributed by atoms with Crippen LogP contribution in [0.3, 0.4) is 0 Å². The maximum absolute atomic E-state index is 4.58. The van der Waals surface area contributed by atoms with Crippen molar-refractivity contribution < 1.29 is 0 Å². The summed E-state index contributed by atoms with van der Waals surface area (Å²) in [5.74, 6) is 1.34. The van der Waals surface area contributed by atoms with Crippen molar-refractivity contribution in [3.8, 4) is 0 Å². The van der Waals surface area contributed by atoms with E-state index in [0.717, 1.165) is 49.8 Å². The minimum atomic E-state index is 0.576. The first-order valence-electron chi connectivity index (χ1n) is 10.2. The minimum absolute atomic E-state index is 0.576. The van der Waals surface area contributed by atoms with Crippen LogP contribution in [-0.4, -0.2) is 48.1 Å². The first-order chi connectivity index (χ1) is 14.2. The monoisotopic (exact) mass is 388 g/mol. The zero-order valence-corrected chi connectivity index (χ0v) is 17.1. The molecule has 1 aliphatic heterocycles. The Hall–Kier alpha value is -3.12. The van der Waals surface area contributed by atoms with Gasteiger partial charge in [0.2, 0.25) is 5.95 Å². The molecule has 6 nitrogen and oxygen atoms in total. The van der Waals surface area contributed by atoms with E-state index in [2.05, 4.69) is 92.9 Å². The lowest BCUT2D eigenvalue weighted by molar-refractivity contribution is 0.313. The quantitative estimate of drug-likeness (QED) is 0.657. The van der Waals surface area contributed by atoms with Gasteiger partial charge in [-0.3, -0.25) is 0 Å². The van der Waals surface area contributed by atoms with Crippen LogP contribution in [0.5, 0.6) is 0 Å². The number of aromatic nitrogens is 2. The van der Waals surface area contributed by atoms with Gasteiger partial charge in [0.1, 0.15) is 5.82 Å². The van der Waals surface area contributed by atoms with E-state index < -0.39 is 0 Å². The van der Waals surface area contributed by atoms with Crippen LogP contribution >= 0.6 is 0 Å². The van der Waals surface area contributed by atoms with Gasteiger partial charge in [-0.1, -0.05) is 19.1 Å². The summed E-state index contributed by atoms with van der Waals surface area (Å²) in [5, 5.41) is 6.63. The van der Waals surface area contributed by atoms with E-state index in [1.54, 1.807) is 6.20 Å². The number of piperazine rings is 1. The number of benzene rings is 2. The summed E-state index contributed by atoms with van der Waals surface area (Å²) >= 11 is 0. The van der Waals surface area contributed by atoms with Gasteiger partial charge in [-0.25, -0.2) is 4.98 Å². The average Bonchev–Trinajstić information content (AvgIpc) is 2.76. The molecule has 0 aliphatic carbocycles.